The third-order valence-corrected chi connectivity index (χ3v) is 7.72. The minimum atomic E-state index is -3.97. The predicted octanol–water partition coefficient (Wildman–Crippen LogP) is 4.73. The van der Waals surface area contributed by atoms with Crippen LogP contribution < -0.4 is 14.8 Å². The van der Waals surface area contributed by atoms with Crippen LogP contribution in [0.1, 0.15) is 29.7 Å². The van der Waals surface area contributed by atoms with Gasteiger partial charge in [-0.05, 0) is 66.9 Å². The Hall–Kier alpha value is -3.07. The fourth-order valence-corrected chi connectivity index (χ4v) is 5.11. The summed E-state index contributed by atoms with van der Waals surface area (Å²) in [6.07, 6.45) is 0. The first-order valence-electron chi connectivity index (χ1n) is 11.0. The molecule has 3 rings (SSSR count). The Morgan fingerprint density at radius 3 is 2.29 bits per heavy atom. The summed E-state index contributed by atoms with van der Waals surface area (Å²) in [5.41, 5.74) is 2.54. The second kappa shape index (κ2) is 11.6. The Labute approximate surface area is 211 Å². The number of hydrogen-bond acceptors (Lipinski definition) is 5. The summed E-state index contributed by atoms with van der Waals surface area (Å²) in [5.74, 6) is 0.684. The van der Waals surface area contributed by atoms with E-state index in [0.29, 0.717) is 16.5 Å². The van der Waals surface area contributed by atoms with Gasteiger partial charge in [0.05, 0.1) is 31.7 Å². The first-order chi connectivity index (χ1) is 16.6. The van der Waals surface area contributed by atoms with Crippen LogP contribution in [0.3, 0.4) is 0 Å². The SMILES string of the molecule is COc1ccc(C(C)NC(=O)CN(Cc2ccccc2C)S(=O)(=O)c2ccc(Cl)cc2)cc1OC. The van der Waals surface area contributed by atoms with E-state index in [1.54, 1.807) is 19.2 Å². The maximum Gasteiger partial charge on any atom is 0.243 e. The van der Waals surface area contributed by atoms with Gasteiger partial charge in [-0.15, -0.1) is 0 Å². The lowest BCUT2D eigenvalue weighted by molar-refractivity contribution is -0.122. The third-order valence-electron chi connectivity index (χ3n) is 5.66. The number of hydrogen-bond donors (Lipinski definition) is 1. The minimum absolute atomic E-state index is 0.0514. The van der Waals surface area contributed by atoms with E-state index >= 15 is 0 Å². The van der Waals surface area contributed by atoms with Crippen LogP contribution in [0.5, 0.6) is 11.5 Å². The molecular formula is C26H29ClN2O5S. The van der Waals surface area contributed by atoms with Gasteiger partial charge in [-0.2, -0.15) is 4.31 Å². The molecule has 0 bridgehead atoms. The zero-order valence-electron chi connectivity index (χ0n) is 20.1. The Balaban J connectivity index is 1.84. The highest BCUT2D eigenvalue weighted by Gasteiger charge is 2.28. The number of nitrogens with one attached hydrogen (secondary N) is 1. The van der Waals surface area contributed by atoms with E-state index in [-0.39, 0.29) is 24.0 Å². The van der Waals surface area contributed by atoms with Crippen molar-refractivity contribution in [3.8, 4) is 11.5 Å². The number of benzene rings is 3. The van der Waals surface area contributed by atoms with Crippen LogP contribution in [0, 0.1) is 6.92 Å². The maximum absolute atomic E-state index is 13.5. The van der Waals surface area contributed by atoms with Gasteiger partial charge >= 0.3 is 0 Å². The number of methoxy groups -OCH3 is 2. The molecule has 0 saturated heterocycles. The fraction of sp³-hybridized carbons (Fsp3) is 0.269. The van der Waals surface area contributed by atoms with Crippen molar-refractivity contribution in [2.75, 3.05) is 20.8 Å². The molecule has 1 atom stereocenters. The highest BCUT2D eigenvalue weighted by molar-refractivity contribution is 7.89. The van der Waals surface area contributed by atoms with Crippen molar-refractivity contribution in [2.24, 2.45) is 0 Å². The lowest BCUT2D eigenvalue weighted by atomic mass is 10.1. The third kappa shape index (κ3) is 6.54. The Morgan fingerprint density at radius 1 is 1.00 bits per heavy atom. The van der Waals surface area contributed by atoms with E-state index in [1.807, 2.05) is 44.2 Å². The summed E-state index contributed by atoms with van der Waals surface area (Å²) < 4.78 is 38.7. The number of sulfonamides is 1. The van der Waals surface area contributed by atoms with Crippen molar-refractivity contribution in [2.45, 2.75) is 31.3 Å². The van der Waals surface area contributed by atoms with Gasteiger partial charge in [0.25, 0.3) is 0 Å². The van der Waals surface area contributed by atoms with Crippen LogP contribution in [0.25, 0.3) is 0 Å². The van der Waals surface area contributed by atoms with Crippen molar-refractivity contribution >= 4 is 27.5 Å². The minimum Gasteiger partial charge on any atom is -0.493 e. The molecule has 1 N–H and O–H groups in total. The van der Waals surface area contributed by atoms with Crippen LogP contribution >= 0.6 is 11.6 Å². The zero-order chi connectivity index (χ0) is 25.6. The monoisotopic (exact) mass is 516 g/mol. The number of ether oxygens (including phenoxy) is 2. The van der Waals surface area contributed by atoms with Crippen molar-refractivity contribution in [1.82, 2.24) is 9.62 Å². The second-order valence-electron chi connectivity index (χ2n) is 8.06. The lowest BCUT2D eigenvalue weighted by Crippen LogP contribution is -2.41. The van der Waals surface area contributed by atoms with E-state index in [9.17, 15) is 13.2 Å². The Kier molecular flexibility index (Phi) is 8.77. The lowest BCUT2D eigenvalue weighted by Gasteiger charge is -2.24. The average molecular weight is 517 g/mol. The summed E-state index contributed by atoms with van der Waals surface area (Å²) >= 11 is 5.94. The van der Waals surface area contributed by atoms with Crippen LogP contribution in [0.15, 0.2) is 71.6 Å². The summed E-state index contributed by atoms with van der Waals surface area (Å²) in [6, 6.07) is 18.3. The fourth-order valence-electron chi connectivity index (χ4n) is 3.61. The topological polar surface area (TPSA) is 84.9 Å². The summed E-state index contributed by atoms with van der Waals surface area (Å²) in [5, 5.41) is 3.31. The standard InChI is InChI=1S/C26H29ClN2O5S/c1-18-7-5-6-8-21(18)16-29(35(31,32)23-12-10-22(27)11-13-23)17-26(30)28-19(2)20-9-14-24(33-3)25(15-20)34-4/h5-15,19H,16-17H2,1-4H3,(H,28,30). The van der Waals surface area contributed by atoms with E-state index < -0.39 is 15.9 Å². The molecule has 0 aromatic heterocycles. The van der Waals surface area contributed by atoms with Crippen molar-refractivity contribution in [3.63, 3.8) is 0 Å². The second-order valence-corrected chi connectivity index (χ2v) is 10.4. The van der Waals surface area contributed by atoms with E-state index in [2.05, 4.69) is 5.32 Å². The van der Waals surface area contributed by atoms with Crippen LogP contribution in [0.4, 0.5) is 0 Å². The molecular weight excluding hydrogens is 488 g/mol. The van der Waals surface area contributed by atoms with Gasteiger partial charge in [0, 0.05) is 11.6 Å². The molecule has 7 nitrogen and oxygen atoms in total. The summed E-state index contributed by atoms with van der Waals surface area (Å²) in [4.78, 5) is 13.1. The number of aryl methyl sites for hydroxylation is 1. The highest BCUT2D eigenvalue weighted by atomic mass is 35.5. The number of carbonyl (C=O) groups is 1. The van der Waals surface area contributed by atoms with Crippen LogP contribution in [-0.4, -0.2) is 39.4 Å². The molecule has 0 fully saturated rings. The smallest absolute Gasteiger partial charge is 0.243 e. The number of amides is 1. The van der Waals surface area contributed by atoms with Crippen LogP contribution in [-0.2, 0) is 21.4 Å². The molecule has 3 aromatic rings. The predicted molar refractivity (Wildman–Crippen MR) is 136 cm³/mol. The van der Waals surface area contributed by atoms with Gasteiger partial charge in [-0.3, -0.25) is 4.79 Å². The van der Waals surface area contributed by atoms with Crippen molar-refractivity contribution in [3.05, 3.63) is 88.4 Å². The first-order valence-corrected chi connectivity index (χ1v) is 12.8. The number of rotatable bonds is 10. The number of nitrogens with zero attached hydrogens (tertiary/aromatic N) is 1. The van der Waals surface area contributed by atoms with Crippen molar-refractivity contribution < 1.29 is 22.7 Å². The molecule has 35 heavy (non-hydrogen) atoms. The normalized spacial score (nSPS) is 12.3. The highest BCUT2D eigenvalue weighted by Crippen LogP contribution is 2.30. The van der Waals surface area contributed by atoms with Crippen molar-refractivity contribution in [1.29, 1.82) is 0 Å². The largest absolute Gasteiger partial charge is 0.493 e. The Morgan fingerprint density at radius 2 is 1.66 bits per heavy atom. The molecule has 1 unspecified atom stereocenters. The van der Waals surface area contributed by atoms with E-state index in [0.717, 1.165) is 16.7 Å². The molecule has 3 aromatic carbocycles. The molecule has 0 heterocycles. The molecule has 0 aliphatic heterocycles. The van der Waals surface area contributed by atoms with Gasteiger partial charge in [0.1, 0.15) is 0 Å². The average Bonchev–Trinajstić information content (AvgIpc) is 2.84. The molecule has 0 aliphatic carbocycles. The van der Waals surface area contributed by atoms with Gasteiger partial charge in [0.15, 0.2) is 11.5 Å². The van der Waals surface area contributed by atoms with Gasteiger partial charge in [-0.25, -0.2) is 8.42 Å². The van der Waals surface area contributed by atoms with Gasteiger partial charge < -0.3 is 14.8 Å². The molecule has 0 radical (unpaired) electrons. The molecule has 0 spiro atoms. The van der Waals surface area contributed by atoms with Gasteiger partial charge in [0.2, 0.25) is 15.9 Å². The quantitative estimate of drug-likeness (QED) is 0.421. The number of carbonyl (C=O) groups excluding carboxylic acids is 1. The molecule has 186 valence electrons. The summed E-state index contributed by atoms with van der Waals surface area (Å²) in [6.45, 7) is 3.42. The molecule has 1 amide bonds. The maximum atomic E-state index is 13.5. The number of halogens is 1. The summed E-state index contributed by atoms with van der Waals surface area (Å²) in [7, 11) is -0.884. The van der Waals surface area contributed by atoms with Gasteiger partial charge in [-0.1, -0.05) is 41.9 Å². The zero-order valence-corrected chi connectivity index (χ0v) is 21.7. The first kappa shape index (κ1) is 26.5. The van der Waals surface area contributed by atoms with E-state index in [4.69, 9.17) is 21.1 Å². The van der Waals surface area contributed by atoms with Crippen LogP contribution in [0.2, 0.25) is 5.02 Å². The molecule has 0 saturated carbocycles. The molecule has 9 heteroatoms. The van der Waals surface area contributed by atoms with E-state index in [1.165, 1.54) is 35.7 Å². The molecule has 0 aliphatic rings. The Bertz CT molecular complexity index is 1280.